The summed E-state index contributed by atoms with van der Waals surface area (Å²) in [6.07, 6.45) is 0.0659. The van der Waals surface area contributed by atoms with Crippen LogP contribution in [-0.4, -0.2) is 38.8 Å². The van der Waals surface area contributed by atoms with Crippen molar-refractivity contribution in [3.63, 3.8) is 0 Å². The minimum Gasteiger partial charge on any atom is -0.497 e. The first-order valence-corrected chi connectivity index (χ1v) is 9.73. The molecular weight excluding hydrogens is 356 g/mol. The van der Waals surface area contributed by atoms with Gasteiger partial charge < -0.3 is 24.1 Å². The fourth-order valence-corrected chi connectivity index (χ4v) is 3.81. The van der Waals surface area contributed by atoms with E-state index in [0.29, 0.717) is 32.5 Å². The van der Waals surface area contributed by atoms with Crippen molar-refractivity contribution < 1.29 is 25.4 Å². The Bertz CT molecular complexity index is 771. The number of hydrogen-bond donors (Lipinski definition) is 1. The SMILES string of the molecule is [2H]C1(CC[C@@H](c2ccc(OC)cc2)[C@](O)(CC)c2ccc(OC)cc2)OCCO1. The van der Waals surface area contributed by atoms with Crippen molar-refractivity contribution in [2.24, 2.45) is 0 Å². The molecule has 0 aromatic heterocycles. The minimum absolute atomic E-state index is 0.248. The van der Waals surface area contributed by atoms with Crippen LogP contribution < -0.4 is 9.47 Å². The molecule has 0 spiro atoms. The molecule has 3 rings (SSSR count). The van der Waals surface area contributed by atoms with E-state index in [0.717, 1.165) is 22.6 Å². The van der Waals surface area contributed by atoms with Gasteiger partial charge in [-0.25, -0.2) is 0 Å². The highest BCUT2D eigenvalue weighted by Gasteiger charge is 2.38. The summed E-state index contributed by atoms with van der Waals surface area (Å²) in [6, 6.07) is 15.3. The standard InChI is InChI=1S/C23H30O5/c1-4-23(24,18-7-11-20(26-3)12-8-18)21(13-14-22-27-15-16-28-22)17-5-9-19(25-2)10-6-17/h5-12,21-22,24H,4,13-16H2,1-3H3/t21-,23-/m0/s1/i22D. The summed E-state index contributed by atoms with van der Waals surface area (Å²) in [7, 11) is 3.25. The Morgan fingerprint density at radius 2 is 1.57 bits per heavy atom. The highest BCUT2D eigenvalue weighted by Crippen LogP contribution is 2.43. The summed E-state index contributed by atoms with van der Waals surface area (Å²) < 4.78 is 29.8. The molecule has 1 heterocycles. The Labute approximate surface area is 168 Å². The fraction of sp³-hybridized carbons (Fsp3) is 0.478. The summed E-state index contributed by atoms with van der Waals surface area (Å²) in [5.74, 6) is 1.25. The van der Waals surface area contributed by atoms with Crippen LogP contribution in [0.3, 0.4) is 0 Å². The third-order valence-electron chi connectivity index (χ3n) is 5.47. The van der Waals surface area contributed by atoms with E-state index in [1.165, 1.54) is 0 Å². The average molecular weight is 387 g/mol. The molecule has 0 aliphatic carbocycles. The van der Waals surface area contributed by atoms with Crippen LogP contribution in [0, 0.1) is 0 Å². The molecule has 2 aromatic carbocycles. The molecule has 0 bridgehead atoms. The number of ether oxygens (including phenoxy) is 4. The van der Waals surface area contributed by atoms with Crippen molar-refractivity contribution in [3.05, 3.63) is 59.7 Å². The van der Waals surface area contributed by atoms with Crippen LogP contribution in [0.5, 0.6) is 11.5 Å². The lowest BCUT2D eigenvalue weighted by atomic mass is 9.73. The summed E-state index contributed by atoms with van der Waals surface area (Å²) in [5, 5.41) is 11.8. The monoisotopic (exact) mass is 387 g/mol. The zero-order valence-corrected chi connectivity index (χ0v) is 16.8. The lowest BCUT2D eigenvalue weighted by Gasteiger charge is -2.37. The molecule has 1 saturated heterocycles. The summed E-state index contributed by atoms with van der Waals surface area (Å²) >= 11 is 0. The Kier molecular flexibility index (Phi) is 6.47. The smallest absolute Gasteiger partial charge is 0.157 e. The molecule has 1 aliphatic heterocycles. The Morgan fingerprint density at radius 3 is 2.07 bits per heavy atom. The van der Waals surface area contributed by atoms with E-state index in [2.05, 4.69) is 0 Å². The maximum Gasteiger partial charge on any atom is 0.157 e. The second-order valence-electron chi connectivity index (χ2n) is 6.94. The number of hydrogen-bond acceptors (Lipinski definition) is 5. The normalized spacial score (nSPS) is 19.5. The van der Waals surface area contributed by atoms with E-state index >= 15 is 0 Å². The van der Waals surface area contributed by atoms with Gasteiger partial charge in [-0.1, -0.05) is 31.2 Å². The molecule has 1 N–H and O–H groups in total. The molecular formula is C23H30O5. The van der Waals surface area contributed by atoms with E-state index in [-0.39, 0.29) is 5.92 Å². The van der Waals surface area contributed by atoms with Gasteiger partial charge in [0, 0.05) is 5.92 Å². The predicted molar refractivity (Wildman–Crippen MR) is 108 cm³/mol. The Hall–Kier alpha value is -2.08. The second kappa shape index (κ2) is 9.41. The van der Waals surface area contributed by atoms with Crippen molar-refractivity contribution in [1.82, 2.24) is 0 Å². The first kappa shape index (κ1) is 19.2. The van der Waals surface area contributed by atoms with Gasteiger partial charge in [-0.15, -0.1) is 0 Å². The van der Waals surface area contributed by atoms with E-state index in [1.54, 1.807) is 14.2 Å². The molecule has 5 nitrogen and oxygen atoms in total. The van der Waals surface area contributed by atoms with E-state index in [4.69, 9.17) is 20.3 Å². The van der Waals surface area contributed by atoms with Gasteiger partial charge in [-0.2, -0.15) is 0 Å². The lowest BCUT2D eigenvalue weighted by molar-refractivity contribution is -0.0590. The lowest BCUT2D eigenvalue weighted by Crippen LogP contribution is -2.33. The van der Waals surface area contributed by atoms with Crippen LogP contribution in [0.15, 0.2) is 48.5 Å². The Balaban J connectivity index is 1.95. The third-order valence-corrected chi connectivity index (χ3v) is 5.47. The molecule has 0 amide bonds. The zero-order valence-electron chi connectivity index (χ0n) is 17.8. The molecule has 0 radical (unpaired) electrons. The number of benzene rings is 2. The van der Waals surface area contributed by atoms with E-state index < -0.39 is 11.9 Å². The summed E-state index contributed by atoms with van der Waals surface area (Å²) in [5.41, 5.74) is 0.678. The Morgan fingerprint density at radius 1 is 1.04 bits per heavy atom. The van der Waals surface area contributed by atoms with Crippen LogP contribution >= 0.6 is 0 Å². The second-order valence-corrected chi connectivity index (χ2v) is 6.94. The van der Waals surface area contributed by atoms with E-state index in [1.807, 2.05) is 55.5 Å². The maximum atomic E-state index is 11.8. The maximum absolute atomic E-state index is 11.8. The van der Waals surface area contributed by atoms with Crippen molar-refractivity contribution in [1.29, 1.82) is 0 Å². The highest BCUT2D eigenvalue weighted by molar-refractivity contribution is 5.37. The molecule has 152 valence electrons. The quantitative estimate of drug-likeness (QED) is 0.697. The number of methoxy groups -OCH3 is 2. The third kappa shape index (κ3) is 4.49. The zero-order chi connectivity index (χ0) is 20.9. The summed E-state index contributed by atoms with van der Waals surface area (Å²) in [6.45, 7) is 2.82. The van der Waals surface area contributed by atoms with E-state index in [9.17, 15) is 5.11 Å². The first-order chi connectivity index (χ1) is 13.9. The van der Waals surface area contributed by atoms with Gasteiger partial charge in [0.1, 0.15) is 11.5 Å². The largest absolute Gasteiger partial charge is 0.497 e. The van der Waals surface area contributed by atoms with Crippen LogP contribution in [0.25, 0.3) is 0 Å². The van der Waals surface area contributed by atoms with Gasteiger partial charge in [-0.05, 0) is 54.7 Å². The molecule has 0 saturated carbocycles. The first-order valence-electron chi connectivity index (χ1n) is 10.2. The molecule has 2 atom stereocenters. The van der Waals surface area contributed by atoms with Crippen LogP contribution in [-0.2, 0) is 15.1 Å². The molecule has 5 heteroatoms. The molecule has 28 heavy (non-hydrogen) atoms. The van der Waals surface area contributed by atoms with Gasteiger partial charge in [-0.3, -0.25) is 0 Å². The van der Waals surface area contributed by atoms with Crippen molar-refractivity contribution >= 4 is 0 Å². The van der Waals surface area contributed by atoms with Crippen LogP contribution in [0.1, 0.15) is 44.6 Å². The predicted octanol–water partition coefficient (Wildman–Crippen LogP) is 4.24. The van der Waals surface area contributed by atoms with Gasteiger partial charge >= 0.3 is 0 Å². The van der Waals surface area contributed by atoms with Crippen molar-refractivity contribution in [3.8, 4) is 11.5 Å². The van der Waals surface area contributed by atoms with Gasteiger partial charge in [0.25, 0.3) is 0 Å². The van der Waals surface area contributed by atoms with Crippen molar-refractivity contribution in [2.45, 2.75) is 44.0 Å². The van der Waals surface area contributed by atoms with Crippen LogP contribution in [0.2, 0.25) is 0 Å². The molecule has 1 fully saturated rings. The summed E-state index contributed by atoms with van der Waals surface area (Å²) in [4.78, 5) is 0. The van der Waals surface area contributed by atoms with Crippen LogP contribution in [0.4, 0.5) is 0 Å². The fourth-order valence-electron chi connectivity index (χ4n) is 3.81. The van der Waals surface area contributed by atoms with Gasteiger partial charge in [0.15, 0.2) is 6.27 Å². The highest BCUT2D eigenvalue weighted by atomic mass is 16.7. The molecule has 0 unspecified atom stereocenters. The topological polar surface area (TPSA) is 57.2 Å². The molecule has 2 aromatic rings. The van der Waals surface area contributed by atoms with Crippen molar-refractivity contribution in [2.75, 3.05) is 27.4 Å². The molecule has 1 aliphatic rings. The number of rotatable bonds is 9. The minimum atomic E-state index is -1.35. The van der Waals surface area contributed by atoms with Gasteiger partial charge in [0.05, 0.1) is 34.4 Å². The number of aliphatic hydroxyl groups is 1. The van der Waals surface area contributed by atoms with Gasteiger partial charge in [0.2, 0.25) is 0 Å². The average Bonchev–Trinajstić information content (AvgIpc) is 3.20.